The molecule has 1 aliphatic rings. The minimum absolute atomic E-state index is 0.0984. The summed E-state index contributed by atoms with van der Waals surface area (Å²) in [5, 5.41) is 16.0. The van der Waals surface area contributed by atoms with Crippen molar-refractivity contribution in [3.63, 3.8) is 0 Å². The zero-order valence-electron chi connectivity index (χ0n) is 13.1. The van der Waals surface area contributed by atoms with Crippen LogP contribution >= 0.6 is 0 Å². The van der Waals surface area contributed by atoms with E-state index in [9.17, 15) is 14.0 Å². The number of halogens is 1. The third-order valence-corrected chi connectivity index (χ3v) is 4.27. The molecule has 1 amide bonds. The summed E-state index contributed by atoms with van der Waals surface area (Å²) in [5.41, 5.74) is 0.553. The zero-order chi connectivity index (χ0) is 17.3. The van der Waals surface area contributed by atoms with Crippen LogP contribution in [-0.2, 0) is 11.3 Å². The lowest BCUT2D eigenvalue weighted by molar-refractivity contribution is -0.133. The van der Waals surface area contributed by atoms with Crippen molar-refractivity contribution in [3.05, 3.63) is 47.5 Å². The Labute approximate surface area is 137 Å². The van der Waals surface area contributed by atoms with Crippen LogP contribution in [0.3, 0.4) is 0 Å². The predicted molar refractivity (Wildman–Crippen MR) is 81.6 cm³/mol. The summed E-state index contributed by atoms with van der Waals surface area (Å²) in [6.07, 6.45) is 2.04. The molecule has 1 aliphatic heterocycles. The van der Waals surface area contributed by atoms with Crippen LogP contribution in [0.1, 0.15) is 35.4 Å². The minimum atomic E-state index is -1.19. The zero-order valence-corrected chi connectivity index (χ0v) is 13.1. The monoisotopic (exact) mass is 332 g/mol. The third-order valence-electron chi connectivity index (χ3n) is 4.27. The fourth-order valence-electron chi connectivity index (χ4n) is 3.13. The van der Waals surface area contributed by atoms with Crippen LogP contribution in [0.4, 0.5) is 4.39 Å². The summed E-state index contributed by atoms with van der Waals surface area (Å²) < 4.78 is 14.7. The molecule has 3 rings (SSSR count). The second-order valence-electron chi connectivity index (χ2n) is 5.96. The maximum atomic E-state index is 13.5. The Morgan fingerprint density at radius 1 is 1.42 bits per heavy atom. The number of rotatable bonds is 4. The van der Waals surface area contributed by atoms with E-state index in [1.807, 2.05) is 13.0 Å². The number of hydrogen-bond donors (Lipinski definition) is 1. The Bertz CT molecular complexity index is 776. The molecule has 0 radical (unpaired) electrons. The number of amides is 1. The van der Waals surface area contributed by atoms with Crippen LogP contribution in [0, 0.1) is 11.7 Å². The fraction of sp³-hybridized carbons (Fsp3) is 0.375. The van der Waals surface area contributed by atoms with Crippen molar-refractivity contribution in [1.82, 2.24) is 19.9 Å². The number of aromatic nitrogens is 3. The third kappa shape index (κ3) is 3.12. The van der Waals surface area contributed by atoms with Crippen LogP contribution in [0.2, 0.25) is 0 Å². The molecule has 0 aliphatic carbocycles. The molecule has 2 heterocycles. The maximum absolute atomic E-state index is 13.5. The van der Waals surface area contributed by atoms with Gasteiger partial charge in [-0.1, -0.05) is 24.3 Å². The normalized spacial score (nSPS) is 20.3. The van der Waals surface area contributed by atoms with Crippen molar-refractivity contribution < 1.29 is 19.1 Å². The van der Waals surface area contributed by atoms with Crippen molar-refractivity contribution in [1.29, 1.82) is 0 Å². The van der Waals surface area contributed by atoms with Gasteiger partial charge in [-0.05, 0) is 30.0 Å². The van der Waals surface area contributed by atoms with E-state index in [0.717, 1.165) is 12.0 Å². The van der Waals surface area contributed by atoms with E-state index in [1.165, 1.54) is 23.0 Å². The second kappa shape index (κ2) is 6.38. The van der Waals surface area contributed by atoms with Gasteiger partial charge in [0.2, 0.25) is 5.91 Å². The van der Waals surface area contributed by atoms with Gasteiger partial charge in [0.05, 0.1) is 12.2 Å². The molecular weight excluding hydrogens is 315 g/mol. The SMILES string of the molecule is CC1CCN(C(=O)Cn2cc(C(=O)O)nn2)C1c1cccc(F)c1. The average Bonchev–Trinajstić information content (AvgIpc) is 3.14. The minimum Gasteiger partial charge on any atom is -0.476 e. The molecule has 1 N–H and O–H groups in total. The summed E-state index contributed by atoms with van der Waals surface area (Å²) in [6, 6.07) is 6.07. The molecule has 126 valence electrons. The number of aromatic carboxylic acids is 1. The summed E-state index contributed by atoms with van der Waals surface area (Å²) in [5.74, 6) is -1.51. The number of benzene rings is 1. The fourth-order valence-corrected chi connectivity index (χ4v) is 3.13. The smallest absolute Gasteiger partial charge is 0.358 e. The van der Waals surface area contributed by atoms with E-state index >= 15 is 0 Å². The number of carbonyl (C=O) groups is 2. The topological polar surface area (TPSA) is 88.3 Å². The average molecular weight is 332 g/mol. The van der Waals surface area contributed by atoms with Gasteiger partial charge in [-0.2, -0.15) is 0 Å². The Morgan fingerprint density at radius 3 is 2.88 bits per heavy atom. The Balaban J connectivity index is 1.78. The summed E-state index contributed by atoms with van der Waals surface area (Å²) in [4.78, 5) is 25.1. The van der Waals surface area contributed by atoms with Crippen LogP contribution in [0.25, 0.3) is 0 Å². The van der Waals surface area contributed by atoms with Gasteiger partial charge < -0.3 is 10.0 Å². The molecule has 8 heteroatoms. The van der Waals surface area contributed by atoms with Crippen LogP contribution < -0.4 is 0 Å². The molecule has 1 saturated heterocycles. The van der Waals surface area contributed by atoms with E-state index < -0.39 is 5.97 Å². The summed E-state index contributed by atoms with van der Waals surface area (Å²) in [6.45, 7) is 2.50. The highest BCUT2D eigenvalue weighted by molar-refractivity contribution is 5.84. The highest BCUT2D eigenvalue weighted by Gasteiger charge is 2.35. The number of carbonyl (C=O) groups excluding carboxylic acids is 1. The van der Waals surface area contributed by atoms with Gasteiger partial charge >= 0.3 is 5.97 Å². The molecule has 7 nitrogen and oxygen atoms in total. The standard InChI is InChI=1S/C16H17FN4O3/c1-10-5-6-21(15(10)11-3-2-4-12(17)7-11)14(22)9-20-8-13(16(23)24)18-19-20/h2-4,7-8,10,15H,5-6,9H2,1H3,(H,23,24). The van der Waals surface area contributed by atoms with Crippen molar-refractivity contribution >= 4 is 11.9 Å². The molecule has 1 aromatic heterocycles. The largest absolute Gasteiger partial charge is 0.476 e. The van der Waals surface area contributed by atoms with Crippen LogP contribution in [0.5, 0.6) is 0 Å². The lowest BCUT2D eigenvalue weighted by Crippen LogP contribution is -2.34. The first-order valence-corrected chi connectivity index (χ1v) is 7.64. The first-order valence-electron chi connectivity index (χ1n) is 7.64. The Hall–Kier alpha value is -2.77. The van der Waals surface area contributed by atoms with Gasteiger partial charge in [0, 0.05) is 6.54 Å². The number of nitrogens with zero attached hydrogens (tertiary/aromatic N) is 4. The summed E-state index contributed by atoms with van der Waals surface area (Å²) in [7, 11) is 0. The van der Waals surface area contributed by atoms with Crippen molar-refractivity contribution in [2.45, 2.75) is 25.9 Å². The van der Waals surface area contributed by atoms with Gasteiger partial charge in [0.25, 0.3) is 0 Å². The van der Waals surface area contributed by atoms with Gasteiger partial charge in [0.1, 0.15) is 12.4 Å². The molecule has 2 unspecified atom stereocenters. The van der Waals surface area contributed by atoms with Gasteiger partial charge in [-0.15, -0.1) is 5.10 Å². The molecule has 0 bridgehead atoms. The van der Waals surface area contributed by atoms with E-state index in [2.05, 4.69) is 10.3 Å². The maximum Gasteiger partial charge on any atom is 0.358 e. The van der Waals surface area contributed by atoms with Crippen LogP contribution in [0.15, 0.2) is 30.5 Å². The van der Waals surface area contributed by atoms with Gasteiger partial charge in [0.15, 0.2) is 5.69 Å². The molecule has 24 heavy (non-hydrogen) atoms. The van der Waals surface area contributed by atoms with E-state index in [0.29, 0.717) is 6.54 Å². The highest BCUT2D eigenvalue weighted by Crippen LogP contribution is 2.37. The molecule has 0 saturated carbocycles. The first kappa shape index (κ1) is 16.1. The molecular formula is C16H17FN4O3. The molecule has 0 spiro atoms. The second-order valence-corrected chi connectivity index (χ2v) is 5.96. The van der Waals surface area contributed by atoms with Crippen LogP contribution in [-0.4, -0.2) is 43.4 Å². The first-order chi connectivity index (χ1) is 11.5. The lowest BCUT2D eigenvalue weighted by Gasteiger charge is -2.27. The van der Waals surface area contributed by atoms with Gasteiger partial charge in [-0.3, -0.25) is 4.79 Å². The van der Waals surface area contributed by atoms with E-state index in [-0.39, 0.29) is 35.9 Å². The summed E-state index contributed by atoms with van der Waals surface area (Å²) >= 11 is 0. The Morgan fingerprint density at radius 2 is 2.21 bits per heavy atom. The lowest BCUT2D eigenvalue weighted by atomic mass is 9.95. The molecule has 2 atom stereocenters. The number of likely N-dealkylation sites (tertiary alicyclic amines) is 1. The molecule has 1 aromatic carbocycles. The quantitative estimate of drug-likeness (QED) is 0.921. The number of carboxylic acid groups (broad SMARTS) is 1. The van der Waals surface area contributed by atoms with Crippen molar-refractivity contribution in [2.75, 3.05) is 6.54 Å². The predicted octanol–water partition coefficient (Wildman–Crippen LogP) is 1.73. The molecule has 1 fully saturated rings. The van der Waals surface area contributed by atoms with Gasteiger partial charge in [-0.25, -0.2) is 13.9 Å². The van der Waals surface area contributed by atoms with Crippen molar-refractivity contribution in [2.24, 2.45) is 5.92 Å². The highest BCUT2D eigenvalue weighted by atomic mass is 19.1. The van der Waals surface area contributed by atoms with Crippen molar-refractivity contribution in [3.8, 4) is 0 Å². The Kier molecular flexibility index (Phi) is 4.28. The number of carboxylic acids is 1. The number of hydrogen-bond acceptors (Lipinski definition) is 4. The van der Waals surface area contributed by atoms with E-state index in [4.69, 9.17) is 5.11 Å². The van der Waals surface area contributed by atoms with E-state index in [1.54, 1.807) is 11.0 Å². The molecule has 2 aromatic rings.